The highest BCUT2D eigenvalue weighted by Gasteiger charge is 2.23. The number of hydrogen-bond acceptors (Lipinski definition) is 6. The van der Waals surface area contributed by atoms with Crippen LogP contribution < -0.4 is 10.9 Å². The molecule has 1 fully saturated rings. The molecule has 4 rings (SSSR count). The summed E-state index contributed by atoms with van der Waals surface area (Å²) in [6, 6.07) is 9.04. The molecule has 8 nitrogen and oxygen atoms in total. The molecule has 162 valence electrons. The van der Waals surface area contributed by atoms with Crippen molar-refractivity contribution < 1.29 is 19.0 Å². The molecule has 0 radical (unpaired) electrons. The number of aromatic nitrogens is 2. The number of pyridine rings is 2. The molecule has 1 aliphatic rings. The van der Waals surface area contributed by atoms with E-state index in [2.05, 4.69) is 15.2 Å². The van der Waals surface area contributed by atoms with Crippen molar-refractivity contribution in [2.75, 3.05) is 32.8 Å². The molecule has 0 saturated carbocycles. The first kappa shape index (κ1) is 21.0. The first-order valence-corrected chi connectivity index (χ1v) is 10.1. The summed E-state index contributed by atoms with van der Waals surface area (Å²) >= 11 is 0. The number of fused-ring (bicyclic) bond motifs is 1. The average molecular weight is 426 g/mol. The molecule has 1 aromatic carbocycles. The van der Waals surface area contributed by atoms with Gasteiger partial charge in [-0.2, -0.15) is 0 Å². The fraction of sp³-hybridized carbons (Fsp3) is 0.318. The van der Waals surface area contributed by atoms with E-state index in [9.17, 15) is 19.1 Å². The van der Waals surface area contributed by atoms with E-state index in [-0.39, 0.29) is 23.4 Å². The molecule has 3 heterocycles. The summed E-state index contributed by atoms with van der Waals surface area (Å²) in [6.07, 6.45) is 1.50. The minimum atomic E-state index is -0.709. The van der Waals surface area contributed by atoms with Crippen molar-refractivity contribution in [2.45, 2.75) is 13.1 Å². The lowest BCUT2D eigenvalue weighted by Crippen LogP contribution is -2.40. The standard InChI is InChI=1S/C22H23FN4O4/c23-16-5-3-15(4-6-16)14-25-21(29)18-20(28)19-17(2-1-7-24-19)27(22(18)30)9-8-26-10-12-31-13-11-26/h1-7,28H,8-14H2,(H,25,29). The van der Waals surface area contributed by atoms with Crippen molar-refractivity contribution in [1.29, 1.82) is 0 Å². The second-order valence-electron chi connectivity index (χ2n) is 7.31. The van der Waals surface area contributed by atoms with Crippen LogP contribution in [-0.2, 0) is 17.8 Å². The number of hydrogen-bond donors (Lipinski definition) is 2. The smallest absolute Gasteiger partial charge is 0.267 e. The van der Waals surface area contributed by atoms with Crippen molar-refractivity contribution in [3.63, 3.8) is 0 Å². The van der Waals surface area contributed by atoms with Gasteiger partial charge in [0.15, 0.2) is 5.75 Å². The summed E-state index contributed by atoms with van der Waals surface area (Å²) in [5.41, 5.74) is 0.392. The average Bonchev–Trinajstić information content (AvgIpc) is 2.79. The Kier molecular flexibility index (Phi) is 6.24. The fourth-order valence-corrected chi connectivity index (χ4v) is 3.63. The quantitative estimate of drug-likeness (QED) is 0.620. The Labute approximate surface area is 177 Å². The van der Waals surface area contributed by atoms with Gasteiger partial charge in [-0.3, -0.25) is 19.5 Å². The number of amides is 1. The lowest BCUT2D eigenvalue weighted by molar-refractivity contribution is 0.0364. The van der Waals surface area contributed by atoms with Crippen LogP contribution >= 0.6 is 0 Å². The summed E-state index contributed by atoms with van der Waals surface area (Å²) in [5, 5.41) is 13.3. The Morgan fingerprint density at radius 2 is 1.90 bits per heavy atom. The molecule has 0 spiro atoms. The second-order valence-corrected chi connectivity index (χ2v) is 7.31. The number of carbonyl (C=O) groups excluding carboxylic acids is 1. The van der Waals surface area contributed by atoms with Crippen LogP contribution in [0, 0.1) is 5.82 Å². The van der Waals surface area contributed by atoms with E-state index in [4.69, 9.17) is 4.74 Å². The molecule has 3 aromatic rings. The lowest BCUT2D eigenvalue weighted by atomic mass is 10.1. The minimum absolute atomic E-state index is 0.0893. The maximum absolute atomic E-state index is 13.2. The SMILES string of the molecule is O=C(NCc1ccc(F)cc1)c1c(O)c2ncccc2n(CCN2CCOCC2)c1=O. The van der Waals surface area contributed by atoms with E-state index in [1.807, 2.05) is 0 Å². The monoisotopic (exact) mass is 426 g/mol. The van der Waals surface area contributed by atoms with Gasteiger partial charge in [0.2, 0.25) is 0 Å². The van der Waals surface area contributed by atoms with Gasteiger partial charge in [0.1, 0.15) is 16.9 Å². The van der Waals surface area contributed by atoms with Crippen LogP contribution in [0.3, 0.4) is 0 Å². The number of morpholine rings is 1. The van der Waals surface area contributed by atoms with E-state index in [1.165, 1.54) is 35.0 Å². The molecular formula is C22H23FN4O4. The van der Waals surface area contributed by atoms with E-state index in [0.717, 1.165) is 13.1 Å². The van der Waals surface area contributed by atoms with Crippen molar-refractivity contribution in [3.05, 3.63) is 69.9 Å². The fourth-order valence-electron chi connectivity index (χ4n) is 3.63. The van der Waals surface area contributed by atoms with Gasteiger partial charge in [-0.05, 0) is 29.8 Å². The van der Waals surface area contributed by atoms with Crippen LogP contribution in [0.5, 0.6) is 5.75 Å². The Morgan fingerprint density at radius 1 is 1.16 bits per heavy atom. The van der Waals surface area contributed by atoms with Crippen LogP contribution in [0.1, 0.15) is 15.9 Å². The highest BCUT2D eigenvalue weighted by Crippen LogP contribution is 2.24. The molecule has 0 bridgehead atoms. The number of nitrogens with zero attached hydrogens (tertiary/aromatic N) is 3. The largest absolute Gasteiger partial charge is 0.505 e. The maximum atomic E-state index is 13.2. The molecule has 0 aliphatic carbocycles. The molecule has 1 saturated heterocycles. The van der Waals surface area contributed by atoms with Gasteiger partial charge in [0, 0.05) is 38.9 Å². The Balaban J connectivity index is 1.63. The van der Waals surface area contributed by atoms with Crippen LogP contribution in [0.2, 0.25) is 0 Å². The molecule has 2 aromatic heterocycles. The molecule has 1 amide bonds. The predicted octanol–water partition coefficient (Wildman–Crippen LogP) is 1.50. The van der Waals surface area contributed by atoms with Gasteiger partial charge in [0.05, 0.1) is 18.7 Å². The zero-order chi connectivity index (χ0) is 21.8. The normalized spacial score (nSPS) is 14.6. The van der Waals surface area contributed by atoms with Gasteiger partial charge in [-0.15, -0.1) is 0 Å². The van der Waals surface area contributed by atoms with Crippen molar-refractivity contribution in [2.24, 2.45) is 0 Å². The number of carbonyl (C=O) groups is 1. The van der Waals surface area contributed by atoms with E-state index in [1.54, 1.807) is 12.1 Å². The van der Waals surface area contributed by atoms with E-state index >= 15 is 0 Å². The summed E-state index contributed by atoms with van der Waals surface area (Å²) in [7, 11) is 0. The zero-order valence-electron chi connectivity index (χ0n) is 16.9. The summed E-state index contributed by atoms with van der Waals surface area (Å²) < 4.78 is 19.9. The van der Waals surface area contributed by atoms with E-state index < -0.39 is 17.2 Å². The Hall–Kier alpha value is -3.30. The minimum Gasteiger partial charge on any atom is -0.505 e. The van der Waals surface area contributed by atoms with Crippen LogP contribution in [-0.4, -0.2) is 58.3 Å². The molecule has 9 heteroatoms. The number of halogens is 1. The molecule has 2 N–H and O–H groups in total. The third kappa shape index (κ3) is 4.57. The number of ether oxygens (including phenoxy) is 1. The second kappa shape index (κ2) is 9.23. The lowest BCUT2D eigenvalue weighted by Gasteiger charge is -2.27. The Morgan fingerprint density at radius 3 is 2.65 bits per heavy atom. The summed E-state index contributed by atoms with van der Waals surface area (Å²) in [4.78, 5) is 32.4. The van der Waals surface area contributed by atoms with Gasteiger partial charge in [0.25, 0.3) is 11.5 Å². The molecular weight excluding hydrogens is 403 g/mol. The third-order valence-electron chi connectivity index (χ3n) is 5.33. The summed E-state index contributed by atoms with van der Waals surface area (Å²) in [6.45, 7) is 3.87. The molecule has 31 heavy (non-hydrogen) atoms. The van der Waals surface area contributed by atoms with Crippen molar-refractivity contribution in [1.82, 2.24) is 19.8 Å². The topological polar surface area (TPSA) is 96.7 Å². The number of aromatic hydroxyl groups is 1. The van der Waals surface area contributed by atoms with Gasteiger partial charge in [-0.25, -0.2) is 4.39 Å². The van der Waals surface area contributed by atoms with Crippen LogP contribution in [0.25, 0.3) is 11.0 Å². The van der Waals surface area contributed by atoms with Crippen molar-refractivity contribution in [3.8, 4) is 5.75 Å². The van der Waals surface area contributed by atoms with Crippen LogP contribution in [0.15, 0.2) is 47.4 Å². The summed E-state index contributed by atoms with van der Waals surface area (Å²) in [5.74, 6) is -1.53. The maximum Gasteiger partial charge on any atom is 0.267 e. The molecule has 1 aliphatic heterocycles. The van der Waals surface area contributed by atoms with Crippen LogP contribution in [0.4, 0.5) is 4.39 Å². The van der Waals surface area contributed by atoms with Gasteiger partial charge in [-0.1, -0.05) is 12.1 Å². The first-order chi connectivity index (χ1) is 15.0. The van der Waals surface area contributed by atoms with Gasteiger partial charge < -0.3 is 19.7 Å². The highest BCUT2D eigenvalue weighted by molar-refractivity contribution is 6.01. The number of benzene rings is 1. The zero-order valence-corrected chi connectivity index (χ0v) is 16.9. The highest BCUT2D eigenvalue weighted by atomic mass is 19.1. The van der Waals surface area contributed by atoms with Gasteiger partial charge >= 0.3 is 0 Å². The van der Waals surface area contributed by atoms with Crippen molar-refractivity contribution >= 4 is 16.9 Å². The van der Waals surface area contributed by atoms with E-state index in [0.29, 0.717) is 37.4 Å². The number of rotatable bonds is 6. The predicted molar refractivity (Wildman–Crippen MR) is 112 cm³/mol. The first-order valence-electron chi connectivity index (χ1n) is 10.1. The molecule has 0 unspecified atom stereocenters. The number of nitrogens with one attached hydrogen (secondary N) is 1. The molecule has 0 atom stereocenters. The Bertz CT molecular complexity index is 1140. The third-order valence-corrected chi connectivity index (χ3v) is 5.33.